The van der Waals surface area contributed by atoms with Crippen molar-refractivity contribution in [3.05, 3.63) is 34.8 Å². The Morgan fingerprint density at radius 2 is 2.41 bits per heavy atom. The van der Waals surface area contributed by atoms with Gasteiger partial charge in [-0.25, -0.2) is 0 Å². The van der Waals surface area contributed by atoms with Gasteiger partial charge < -0.3 is 15.1 Å². The second kappa shape index (κ2) is 2.70. The number of carbonyl (C=O) groups excluding carboxylic acids is 2. The van der Waals surface area contributed by atoms with E-state index in [1.54, 1.807) is 6.08 Å². The largest absolute Gasteiger partial charge is 0.387 e. The molecule has 2 fully saturated rings. The lowest BCUT2D eigenvalue weighted by Gasteiger charge is -2.20. The number of fused-ring (bicyclic) bond motifs is 1. The zero-order valence-corrected chi connectivity index (χ0v) is 9.25. The molecule has 1 saturated heterocycles. The van der Waals surface area contributed by atoms with Gasteiger partial charge in [0.05, 0.1) is 5.69 Å². The van der Waals surface area contributed by atoms with Gasteiger partial charge in [0.2, 0.25) is 5.78 Å². The van der Waals surface area contributed by atoms with Crippen molar-refractivity contribution >= 4 is 12.1 Å². The highest BCUT2D eigenvalue weighted by atomic mass is 16.1. The molecule has 2 atom stereocenters. The number of aromatic amines is 1. The summed E-state index contributed by atoms with van der Waals surface area (Å²) in [4.78, 5) is 25.6. The fourth-order valence-electron chi connectivity index (χ4n) is 3.41. The molecular formula is C13H12N2O2. The van der Waals surface area contributed by atoms with Crippen molar-refractivity contribution in [2.75, 3.05) is 6.54 Å². The molecule has 0 bridgehead atoms. The van der Waals surface area contributed by atoms with Gasteiger partial charge in [-0.3, -0.25) is 4.79 Å². The zero-order chi connectivity index (χ0) is 11.6. The lowest BCUT2D eigenvalue weighted by molar-refractivity contribution is -0.107. The minimum atomic E-state index is 0.0258. The highest BCUT2D eigenvalue weighted by molar-refractivity contribution is 6.07. The molecule has 1 aliphatic heterocycles. The third kappa shape index (κ3) is 0.941. The molecule has 1 aromatic heterocycles. The molecule has 2 aliphatic carbocycles. The van der Waals surface area contributed by atoms with Gasteiger partial charge in [0.15, 0.2) is 0 Å². The number of aromatic nitrogens is 1. The van der Waals surface area contributed by atoms with Gasteiger partial charge >= 0.3 is 0 Å². The highest BCUT2D eigenvalue weighted by Gasteiger charge is 2.64. The van der Waals surface area contributed by atoms with Gasteiger partial charge in [0, 0.05) is 35.8 Å². The standard InChI is InChI=1S/C13H12N2O2/c16-2-1-8-3-9-12(15-8)10(17)4-11-13(9)5-7(13)6-14-11/h2-4,7,14-15H,1,5-6H2. The average Bonchev–Trinajstić information content (AvgIpc) is 2.68. The average molecular weight is 228 g/mol. The SMILES string of the molecule is O=CCc1cc2c([nH]1)C(=O)C=C1NCC3CC123. The summed E-state index contributed by atoms with van der Waals surface area (Å²) >= 11 is 0. The molecule has 1 spiro atoms. The maximum Gasteiger partial charge on any atom is 0.204 e. The number of aldehydes is 1. The van der Waals surface area contributed by atoms with Crippen LogP contribution in [0.3, 0.4) is 0 Å². The molecule has 4 rings (SSSR count). The summed E-state index contributed by atoms with van der Waals surface area (Å²) in [6.45, 7) is 0.965. The van der Waals surface area contributed by atoms with Crippen LogP contribution in [0.1, 0.15) is 28.2 Å². The van der Waals surface area contributed by atoms with E-state index < -0.39 is 0 Å². The van der Waals surface area contributed by atoms with Gasteiger partial charge in [-0.2, -0.15) is 0 Å². The number of piperidine rings is 1. The molecule has 2 heterocycles. The minimum Gasteiger partial charge on any atom is -0.387 e. The summed E-state index contributed by atoms with van der Waals surface area (Å²) in [5, 5.41) is 3.32. The number of nitrogens with one attached hydrogen (secondary N) is 2. The smallest absolute Gasteiger partial charge is 0.204 e. The third-order valence-electron chi connectivity index (χ3n) is 4.30. The van der Waals surface area contributed by atoms with Crippen LogP contribution in [-0.2, 0) is 16.6 Å². The molecule has 2 unspecified atom stereocenters. The molecule has 1 saturated carbocycles. The lowest BCUT2D eigenvalue weighted by atomic mass is 9.85. The number of carbonyl (C=O) groups is 2. The van der Waals surface area contributed by atoms with Crippen molar-refractivity contribution in [1.29, 1.82) is 0 Å². The number of H-pyrrole nitrogens is 1. The maximum absolute atomic E-state index is 12.0. The fraction of sp³-hybridized carbons (Fsp3) is 0.385. The van der Waals surface area contributed by atoms with Crippen molar-refractivity contribution in [2.24, 2.45) is 5.92 Å². The first-order valence-corrected chi connectivity index (χ1v) is 5.92. The molecule has 86 valence electrons. The number of ketones is 1. The summed E-state index contributed by atoms with van der Waals surface area (Å²) < 4.78 is 0. The van der Waals surface area contributed by atoms with E-state index in [0.717, 1.165) is 36.2 Å². The van der Waals surface area contributed by atoms with E-state index in [1.165, 1.54) is 0 Å². The van der Waals surface area contributed by atoms with E-state index in [4.69, 9.17) is 0 Å². The molecule has 0 aromatic carbocycles. The highest BCUT2D eigenvalue weighted by Crippen LogP contribution is 2.63. The predicted octanol–water partition coefficient (Wildman–Crippen LogP) is 0.697. The van der Waals surface area contributed by atoms with Crippen molar-refractivity contribution in [3.63, 3.8) is 0 Å². The van der Waals surface area contributed by atoms with Crippen LogP contribution in [0, 0.1) is 5.92 Å². The molecule has 4 nitrogen and oxygen atoms in total. The third-order valence-corrected chi connectivity index (χ3v) is 4.30. The summed E-state index contributed by atoms with van der Waals surface area (Å²) in [5.74, 6) is 0.651. The van der Waals surface area contributed by atoms with Crippen LogP contribution < -0.4 is 5.32 Å². The van der Waals surface area contributed by atoms with E-state index in [0.29, 0.717) is 18.0 Å². The normalized spacial score (nSPS) is 32.1. The van der Waals surface area contributed by atoms with Crippen molar-refractivity contribution < 1.29 is 9.59 Å². The Balaban J connectivity index is 1.90. The van der Waals surface area contributed by atoms with E-state index in [-0.39, 0.29) is 11.2 Å². The van der Waals surface area contributed by atoms with E-state index in [9.17, 15) is 9.59 Å². The van der Waals surface area contributed by atoms with Gasteiger partial charge in [-0.05, 0) is 24.0 Å². The first-order valence-electron chi connectivity index (χ1n) is 5.92. The number of rotatable bonds is 2. The predicted molar refractivity (Wildman–Crippen MR) is 60.8 cm³/mol. The zero-order valence-electron chi connectivity index (χ0n) is 9.25. The van der Waals surface area contributed by atoms with Crippen LogP contribution in [0.5, 0.6) is 0 Å². The Labute approximate surface area is 98.1 Å². The molecular weight excluding hydrogens is 216 g/mol. The van der Waals surface area contributed by atoms with Crippen LogP contribution >= 0.6 is 0 Å². The maximum atomic E-state index is 12.0. The Morgan fingerprint density at radius 3 is 3.18 bits per heavy atom. The van der Waals surface area contributed by atoms with Crippen LogP contribution in [0.4, 0.5) is 0 Å². The molecule has 17 heavy (non-hydrogen) atoms. The summed E-state index contributed by atoms with van der Waals surface area (Å²) in [6.07, 6.45) is 4.07. The molecule has 0 radical (unpaired) electrons. The quantitative estimate of drug-likeness (QED) is 0.732. The Hall–Kier alpha value is -1.84. The van der Waals surface area contributed by atoms with Gasteiger partial charge in [-0.15, -0.1) is 0 Å². The first-order chi connectivity index (χ1) is 8.25. The summed E-state index contributed by atoms with van der Waals surface area (Å²) in [6, 6.07) is 2.00. The van der Waals surface area contributed by atoms with Crippen LogP contribution in [0.2, 0.25) is 0 Å². The molecule has 0 amide bonds. The molecule has 4 heteroatoms. The number of hydrogen-bond acceptors (Lipinski definition) is 3. The first kappa shape index (κ1) is 9.22. The molecule has 1 aromatic rings. The monoisotopic (exact) mass is 228 g/mol. The van der Waals surface area contributed by atoms with Crippen LogP contribution in [-0.4, -0.2) is 23.6 Å². The minimum absolute atomic E-state index is 0.0258. The van der Waals surface area contributed by atoms with Gasteiger partial charge in [0.25, 0.3) is 0 Å². The van der Waals surface area contributed by atoms with Crippen LogP contribution in [0.15, 0.2) is 17.8 Å². The van der Waals surface area contributed by atoms with Gasteiger partial charge in [0.1, 0.15) is 6.29 Å². The van der Waals surface area contributed by atoms with Crippen molar-refractivity contribution in [1.82, 2.24) is 10.3 Å². The summed E-state index contributed by atoms with van der Waals surface area (Å²) in [5.41, 5.74) is 3.79. The van der Waals surface area contributed by atoms with E-state index in [2.05, 4.69) is 10.3 Å². The molecule has 2 N–H and O–H groups in total. The topological polar surface area (TPSA) is 62.0 Å². The van der Waals surface area contributed by atoms with Crippen molar-refractivity contribution in [2.45, 2.75) is 18.3 Å². The van der Waals surface area contributed by atoms with E-state index >= 15 is 0 Å². The number of allylic oxidation sites excluding steroid dienone is 2. The Bertz CT molecular complexity index is 584. The Kier molecular flexibility index (Phi) is 1.46. The van der Waals surface area contributed by atoms with Gasteiger partial charge in [-0.1, -0.05) is 0 Å². The molecule has 3 aliphatic rings. The number of hydrogen-bond donors (Lipinski definition) is 2. The Morgan fingerprint density at radius 1 is 1.53 bits per heavy atom. The van der Waals surface area contributed by atoms with Crippen molar-refractivity contribution in [3.8, 4) is 0 Å². The second-order valence-electron chi connectivity index (χ2n) is 5.13. The summed E-state index contributed by atoms with van der Waals surface area (Å²) in [7, 11) is 0. The van der Waals surface area contributed by atoms with E-state index in [1.807, 2.05) is 6.07 Å². The van der Waals surface area contributed by atoms with Crippen LogP contribution in [0.25, 0.3) is 0 Å². The lowest BCUT2D eigenvalue weighted by Crippen LogP contribution is -2.24. The fourth-order valence-corrected chi connectivity index (χ4v) is 3.41. The second-order valence-corrected chi connectivity index (χ2v) is 5.13.